The third kappa shape index (κ3) is 2.55. The van der Waals surface area contributed by atoms with Crippen LogP contribution in [0.5, 0.6) is 0 Å². The van der Waals surface area contributed by atoms with Crippen LogP contribution < -0.4 is 5.56 Å². The van der Waals surface area contributed by atoms with E-state index in [4.69, 9.17) is 5.53 Å². The van der Waals surface area contributed by atoms with Crippen LogP contribution in [0, 0.1) is 6.92 Å². The van der Waals surface area contributed by atoms with Crippen molar-refractivity contribution < 1.29 is 0 Å². The summed E-state index contributed by atoms with van der Waals surface area (Å²) in [6, 6.07) is 14.0. The number of hydrogen-bond donors (Lipinski definition) is 1. The van der Waals surface area contributed by atoms with Crippen LogP contribution in [0.1, 0.15) is 22.9 Å². The lowest BCUT2D eigenvalue weighted by atomic mass is 10.0. The van der Waals surface area contributed by atoms with E-state index < -0.39 is 6.04 Å². The molecule has 108 valence electrons. The first kappa shape index (κ1) is 13.9. The van der Waals surface area contributed by atoms with Gasteiger partial charge in [0.05, 0.1) is 11.0 Å². The van der Waals surface area contributed by atoms with Crippen molar-refractivity contribution >= 4 is 11.0 Å². The quantitative estimate of drug-likeness (QED) is 0.453. The molecule has 1 unspecified atom stereocenters. The second-order valence-electron chi connectivity index (χ2n) is 4.99. The molecule has 0 radical (unpaired) electrons. The van der Waals surface area contributed by atoms with Crippen LogP contribution in [0.2, 0.25) is 0 Å². The molecule has 1 N–H and O–H groups in total. The van der Waals surface area contributed by atoms with Crippen LogP contribution in [0.3, 0.4) is 0 Å². The van der Waals surface area contributed by atoms with Crippen molar-refractivity contribution in [1.82, 2.24) is 9.97 Å². The first-order valence-electron chi connectivity index (χ1n) is 6.79. The first-order chi connectivity index (χ1) is 10.7. The minimum Gasteiger partial charge on any atom is -0.319 e. The largest absolute Gasteiger partial charge is 0.319 e. The molecule has 0 spiro atoms. The Morgan fingerprint density at radius 3 is 2.64 bits per heavy atom. The summed E-state index contributed by atoms with van der Waals surface area (Å²) < 4.78 is 0. The third-order valence-electron chi connectivity index (χ3n) is 3.44. The molecule has 0 aliphatic heterocycles. The van der Waals surface area contributed by atoms with Crippen molar-refractivity contribution in [2.45, 2.75) is 13.0 Å². The molecule has 1 atom stereocenters. The van der Waals surface area contributed by atoms with Crippen molar-refractivity contribution in [2.24, 2.45) is 5.11 Å². The molecule has 0 saturated carbocycles. The third-order valence-corrected chi connectivity index (χ3v) is 3.44. The minimum absolute atomic E-state index is 0.195. The van der Waals surface area contributed by atoms with Crippen LogP contribution in [0.15, 0.2) is 58.4 Å². The maximum atomic E-state index is 12.3. The van der Waals surface area contributed by atoms with Gasteiger partial charge in [0.15, 0.2) is 0 Å². The summed E-state index contributed by atoms with van der Waals surface area (Å²) in [5.74, 6) is 0. The van der Waals surface area contributed by atoms with Crippen molar-refractivity contribution in [3.8, 4) is 0 Å². The molecule has 6 nitrogen and oxygen atoms in total. The second kappa shape index (κ2) is 5.71. The normalized spacial score (nSPS) is 11.9. The number of aromatic amines is 1. The average molecular weight is 291 g/mol. The second-order valence-corrected chi connectivity index (χ2v) is 4.99. The first-order valence-corrected chi connectivity index (χ1v) is 6.79. The molecular formula is C16H13N5O. The van der Waals surface area contributed by atoms with E-state index in [0.29, 0.717) is 11.0 Å². The number of rotatable bonds is 3. The van der Waals surface area contributed by atoms with Gasteiger partial charge < -0.3 is 4.98 Å². The summed E-state index contributed by atoms with van der Waals surface area (Å²) in [4.78, 5) is 22.3. The highest BCUT2D eigenvalue weighted by Crippen LogP contribution is 2.24. The van der Waals surface area contributed by atoms with Gasteiger partial charge in [-0.15, -0.1) is 0 Å². The van der Waals surface area contributed by atoms with E-state index >= 15 is 0 Å². The van der Waals surface area contributed by atoms with Gasteiger partial charge in [0.2, 0.25) is 0 Å². The summed E-state index contributed by atoms with van der Waals surface area (Å²) in [6.07, 6.45) is 0. The van der Waals surface area contributed by atoms with E-state index in [2.05, 4.69) is 20.0 Å². The number of nitrogens with zero attached hydrogens (tertiary/aromatic N) is 4. The molecule has 0 bridgehead atoms. The molecule has 3 rings (SSSR count). The van der Waals surface area contributed by atoms with Crippen molar-refractivity contribution in [2.75, 3.05) is 0 Å². The van der Waals surface area contributed by atoms with E-state index in [1.165, 1.54) is 0 Å². The van der Waals surface area contributed by atoms with Crippen molar-refractivity contribution in [3.63, 3.8) is 0 Å². The van der Waals surface area contributed by atoms with Crippen molar-refractivity contribution in [1.29, 1.82) is 0 Å². The van der Waals surface area contributed by atoms with Gasteiger partial charge in [-0.25, -0.2) is 4.98 Å². The summed E-state index contributed by atoms with van der Waals surface area (Å²) >= 11 is 0. The lowest BCUT2D eigenvalue weighted by molar-refractivity contribution is 0.804. The Balaban J connectivity index is 2.20. The average Bonchev–Trinajstić information content (AvgIpc) is 2.53. The summed E-state index contributed by atoms with van der Waals surface area (Å²) in [5, 5.41) is 3.76. The fourth-order valence-corrected chi connectivity index (χ4v) is 2.31. The smallest absolute Gasteiger partial charge is 0.270 e. The summed E-state index contributed by atoms with van der Waals surface area (Å²) in [7, 11) is 0. The van der Waals surface area contributed by atoms with Crippen LogP contribution in [-0.4, -0.2) is 9.97 Å². The van der Waals surface area contributed by atoms with Crippen molar-refractivity contribution in [3.05, 3.63) is 86.1 Å². The topological polar surface area (TPSA) is 94.5 Å². The van der Waals surface area contributed by atoms with Gasteiger partial charge in [0, 0.05) is 4.91 Å². The molecule has 0 aliphatic rings. The number of benzene rings is 2. The molecule has 3 aromatic rings. The SMILES string of the molecule is Cc1ccc(C(N=[N+]=[N-])c2nc3ccccc3[nH]c2=O)cc1. The predicted molar refractivity (Wildman–Crippen MR) is 84.5 cm³/mol. The van der Waals surface area contributed by atoms with E-state index in [1.54, 1.807) is 12.1 Å². The molecule has 22 heavy (non-hydrogen) atoms. The fraction of sp³-hybridized carbons (Fsp3) is 0.125. The molecular weight excluding hydrogens is 278 g/mol. The fourth-order valence-electron chi connectivity index (χ4n) is 2.31. The molecule has 0 fully saturated rings. The monoisotopic (exact) mass is 291 g/mol. The Bertz CT molecular complexity index is 923. The lowest BCUT2D eigenvalue weighted by Gasteiger charge is -2.11. The molecule has 2 aromatic carbocycles. The Morgan fingerprint density at radius 1 is 1.18 bits per heavy atom. The Kier molecular flexibility index (Phi) is 3.60. The van der Waals surface area contributed by atoms with Crippen LogP contribution >= 0.6 is 0 Å². The molecule has 0 aliphatic carbocycles. The predicted octanol–water partition coefficient (Wildman–Crippen LogP) is 3.63. The molecule has 1 aromatic heterocycles. The number of aryl methyl sites for hydroxylation is 1. The number of fused-ring (bicyclic) bond motifs is 1. The lowest BCUT2D eigenvalue weighted by Crippen LogP contribution is -2.18. The van der Waals surface area contributed by atoms with Crippen LogP contribution in [-0.2, 0) is 0 Å². The molecule has 6 heteroatoms. The number of para-hydroxylation sites is 2. The molecule has 1 heterocycles. The van der Waals surface area contributed by atoms with E-state index in [0.717, 1.165) is 11.1 Å². The number of aromatic nitrogens is 2. The summed E-state index contributed by atoms with van der Waals surface area (Å²) in [6.45, 7) is 1.97. The standard InChI is InChI=1S/C16H13N5O/c1-10-6-8-11(9-7-10)14(20-21-17)15-16(22)19-13-5-3-2-4-12(13)18-15/h2-9,14H,1H3,(H,19,22). The van der Waals surface area contributed by atoms with Gasteiger partial charge >= 0.3 is 0 Å². The summed E-state index contributed by atoms with van der Waals surface area (Å²) in [5.41, 5.74) is 11.8. The molecule has 0 saturated heterocycles. The maximum absolute atomic E-state index is 12.3. The Morgan fingerprint density at radius 2 is 1.91 bits per heavy atom. The zero-order chi connectivity index (χ0) is 15.5. The number of azide groups is 1. The minimum atomic E-state index is -0.751. The van der Waals surface area contributed by atoms with E-state index in [9.17, 15) is 4.79 Å². The number of nitrogens with one attached hydrogen (secondary N) is 1. The van der Waals surface area contributed by atoms with Crippen LogP contribution in [0.25, 0.3) is 21.5 Å². The van der Waals surface area contributed by atoms with E-state index in [-0.39, 0.29) is 11.3 Å². The van der Waals surface area contributed by atoms with Gasteiger partial charge in [-0.1, -0.05) is 47.1 Å². The number of hydrogen-bond acceptors (Lipinski definition) is 3. The zero-order valence-electron chi connectivity index (χ0n) is 11.9. The Hall–Kier alpha value is -3.11. The zero-order valence-corrected chi connectivity index (χ0v) is 11.9. The maximum Gasteiger partial charge on any atom is 0.270 e. The van der Waals surface area contributed by atoms with Gasteiger partial charge in [-0.05, 0) is 30.2 Å². The Labute approximate surface area is 126 Å². The highest BCUT2D eigenvalue weighted by atomic mass is 16.1. The van der Waals surface area contributed by atoms with Gasteiger partial charge in [-0.2, -0.15) is 0 Å². The molecule has 0 amide bonds. The van der Waals surface area contributed by atoms with Gasteiger partial charge in [0.25, 0.3) is 5.56 Å². The van der Waals surface area contributed by atoms with E-state index in [1.807, 2.05) is 43.3 Å². The van der Waals surface area contributed by atoms with Gasteiger partial charge in [-0.3, -0.25) is 4.79 Å². The van der Waals surface area contributed by atoms with Gasteiger partial charge in [0.1, 0.15) is 11.7 Å². The highest BCUT2D eigenvalue weighted by Gasteiger charge is 2.18. The highest BCUT2D eigenvalue weighted by molar-refractivity contribution is 5.73. The van der Waals surface area contributed by atoms with Crippen LogP contribution in [0.4, 0.5) is 0 Å². The number of H-pyrrole nitrogens is 1.